The fraction of sp³-hybridized carbons (Fsp3) is 1.00. The average molecular weight is 168 g/mol. The molecule has 0 unspecified atom stereocenters. The van der Waals surface area contributed by atoms with Gasteiger partial charge in [-0.25, -0.2) is 0 Å². The Labute approximate surface area is 75.3 Å². The highest BCUT2D eigenvalue weighted by molar-refractivity contribution is 4.94. The first-order chi connectivity index (χ1) is 5.70. The molecule has 2 aliphatic heterocycles. The Morgan fingerprint density at radius 1 is 1.33 bits per heavy atom. The molecule has 1 atom stereocenters. The summed E-state index contributed by atoms with van der Waals surface area (Å²) < 4.78 is 0. The summed E-state index contributed by atoms with van der Waals surface area (Å²) in [4.78, 5) is 2.67. The minimum absolute atomic E-state index is 0.479. The third kappa shape index (κ3) is 1.38. The van der Waals surface area contributed by atoms with Gasteiger partial charge in [-0.2, -0.15) is 0 Å². The van der Waals surface area contributed by atoms with Crippen LogP contribution in [0.15, 0.2) is 0 Å². The molecule has 2 heterocycles. The zero-order valence-corrected chi connectivity index (χ0v) is 8.27. The second kappa shape index (κ2) is 3.00. The average Bonchev–Trinajstić information content (AvgIpc) is 2.42. The number of fused-ring (bicyclic) bond motifs is 1. The maximum absolute atomic E-state index is 3.52. The van der Waals surface area contributed by atoms with Crippen molar-refractivity contribution in [3.63, 3.8) is 0 Å². The van der Waals surface area contributed by atoms with Crippen LogP contribution in [0.3, 0.4) is 0 Å². The van der Waals surface area contributed by atoms with Crippen molar-refractivity contribution < 1.29 is 0 Å². The van der Waals surface area contributed by atoms with Crippen LogP contribution in [0.5, 0.6) is 0 Å². The van der Waals surface area contributed by atoms with Gasteiger partial charge in [0.2, 0.25) is 0 Å². The van der Waals surface area contributed by atoms with Crippen LogP contribution in [0, 0.1) is 5.41 Å². The Morgan fingerprint density at radius 3 is 3.00 bits per heavy atom. The van der Waals surface area contributed by atoms with Crippen LogP contribution < -0.4 is 5.32 Å². The van der Waals surface area contributed by atoms with Crippen LogP contribution in [0.25, 0.3) is 0 Å². The largest absolute Gasteiger partial charge is 0.315 e. The lowest BCUT2D eigenvalue weighted by molar-refractivity contribution is 0.152. The zero-order chi connectivity index (χ0) is 8.60. The molecule has 70 valence electrons. The molecule has 0 saturated carbocycles. The third-order valence-corrected chi connectivity index (χ3v) is 3.42. The summed E-state index contributed by atoms with van der Waals surface area (Å²) in [5, 5.41) is 3.52. The van der Waals surface area contributed by atoms with Crippen LogP contribution in [-0.2, 0) is 0 Å². The van der Waals surface area contributed by atoms with E-state index in [1.54, 1.807) is 0 Å². The molecule has 2 rings (SSSR count). The number of nitrogens with one attached hydrogen (secondary N) is 1. The van der Waals surface area contributed by atoms with E-state index in [-0.39, 0.29) is 0 Å². The maximum atomic E-state index is 3.52. The van der Waals surface area contributed by atoms with E-state index >= 15 is 0 Å². The Kier molecular flexibility index (Phi) is 2.13. The second-order valence-electron chi connectivity index (χ2n) is 4.86. The van der Waals surface area contributed by atoms with Crippen LogP contribution >= 0.6 is 0 Å². The topological polar surface area (TPSA) is 15.3 Å². The fourth-order valence-corrected chi connectivity index (χ4v) is 2.73. The van der Waals surface area contributed by atoms with E-state index in [4.69, 9.17) is 0 Å². The van der Waals surface area contributed by atoms with E-state index in [1.165, 1.54) is 39.0 Å². The lowest BCUT2D eigenvalue weighted by Gasteiger charge is -2.34. The molecule has 12 heavy (non-hydrogen) atoms. The number of hydrogen-bond acceptors (Lipinski definition) is 2. The highest BCUT2D eigenvalue weighted by Crippen LogP contribution is 2.33. The molecule has 2 fully saturated rings. The first-order valence-corrected chi connectivity index (χ1v) is 5.15. The summed E-state index contributed by atoms with van der Waals surface area (Å²) in [6.07, 6.45) is 2.82. The van der Waals surface area contributed by atoms with Crippen LogP contribution in [0.4, 0.5) is 0 Å². The van der Waals surface area contributed by atoms with E-state index < -0.39 is 0 Å². The molecule has 0 aromatic heterocycles. The summed E-state index contributed by atoms with van der Waals surface area (Å²) in [5.41, 5.74) is 0.479. The minimum Gasteiger partial charge on any atom is -0.315 e. The Bertz CT molecular complexity index is 165. The Morgan fingerprint density at radius 2 is 2.17 bits per heavy atom. The van der Waals surface area contributed by atoms with Crippen molar-refractivity contribution in [2.75, 3.05) is 26.2 Å². The van der Waals surface area contributed by atoms with Gasteiger partial charge in [0.25, 0.3) is 0 Å². The molecular formula is C10H20N2. The highest BCUT2D eigenvalue weighted by atomic mass is 15.2. The molecule has 0 aromatic carbocycles. The molecule has 2 saturated heterocycles. The molecule has 0 amide bonds. The van der Waals surface area contributed by atoms with Gasteiger partial charge < -0.3 is 5.32 Å². The van der Waals surface area contributed by atoms with E-state index in [1.807, 2.05) is 0 Å². The molecule has 2 nitrogen and oxygen atoms in total. The van der Waals surface area contributed by atoms with Gasteiger partial charge in [0.05, 0.1) is 0 Å². The SMILES string of the molecule is CC1(C)CNCCN2CCC[C@H]21. The van der Waals surface area contributed by atoms with Gasteiger partial charge in [0, 0.05) is 25.7 Å². The zero-order valence-electron chi connectivity index (χ0n) is 8.27. The molecule has 2 aliphatic rings. The standard InChI is InChI=1S/C10H20N2/c1-10(2)8-11-5-7-12-6-3-4-9(10)12/h9,11H,3-8H2,1-2H3/t9-/m0/s1. The Balaban J connectivity index is 2.13. The summed E-state index contributed by atoms with van der Waals surface area (Å²) in [6.45, 7) is 9.75. The third-order valence-electron chi connectivity index (χ3n) is 3.42. The van der Waals surface area contributed by atoms with Crippen molar-refractivity contribution in [2.45, 2.75) is 32.7 Å². The number of rotatable bonds is 0. The van der Waals surface area contributed by atoms with Gasteiger partial charge in [-0.3, -0.25) is 4.90 Å². The highest BCUT2D eigenvalue weighted by Gasteiger charge is 2.38. The van der Waals surface area contributed by atoms with E-state index in [0.717, 1.165) is 6.04 Å². The molecule has 0 aromatic rings. The Hall–Kier alpha value is -0.0800. The predicted molar refractivity (Wildman–Crippen MR) is 51.2 cm³/mol. The van der Waals surface area contributed by atoms with Gasteiger partial charge in [-0.05, 0) is 24.8 Å². The van der Waals surface area contributed by atoms with Gasteiger partial charge in [-0.15, -0.1) is 0 Å². The van der Waals surface area contributed by atoms with E-state index in [2.05, 4.69) is 24.1 Å². The molecule has 2 heteroatoms. The van der Waals surface area contributed by atoms with Gasteiger partial charge in [0.1, 0.15) is 0 Å². The predicted octanol–water partition coefficient (Wildman–Crippen LogP) is 1.08. The van der Waals surface area contributed by atoms with Crippen molar-refractivity contribution in [2.24, 2.45) is 5.41 Å². The van der Waals surface area contributed by atoms with Crippen molar-refractivity contribution in [1.82, 2.24) is 10.2 Å². The van der Waals surface area contributed by atoms with Crippen molar-refractivity contribution in [1.29, 1.82) is 0 Å². The summed E-state index contributed by atoms with van der Waals surface area (Å²) >= 11 is 0. The van der Waals surface area contributed by atoms with Crippen LogP contribution in [-0.4, -0.2) is 37.1 Å². The van der Waals surface area contributed by atoms with E-state index in [0.29, 0.717) is 5.41 Å². The lowest BCUT2D eigenvalue weighted by atomic mass is 9.83. The lowest BCUT2D eigenvalue weighted by Crippen LogP contribution is -2.41. The number of nitrogens with zero attached hydrogens (tertiary/aromatic N) is 1. The molecule has 0 spiro atoms. The molecule has 0 radical (unpaired) electrons. The van der Waals surface area contributed by atoms with Crippen LogP contribution in [0.2, 0.25) is 0 Å². The van der Waals surface area contributed by atoms with Gasteiger partial charge >= 0.3 is 0 Å². The van der Waals surface area contributed by atoms with Crippen molar-refractivity contribution in [3.8, 4) is 0 Å². The van der Waals surface area contributed by atoms with Crippen molar-refractivity contribution >= 4 is 0 Å². The maximum Gasteiger partial charge on any atom is 0.0159 e. The van der Waals surface area contributed by atoms with Gasteiger partial charge in [-0.1, -0.05) is 13.8 Å². The second-order valence-corrected chi connectivity index (χ2v) is 4.86. The first-order valence-electron chi connectivity index (χ1n) is 5.15. The minimum atomic E-state index is 0.479. The van der Waals surface area contributed by atoms with E-state index in [9.17, 15) is 0 Å². The fourth-order valence-electron chi connectivity index (χ4n) is 2.73. The monoisotopic (exact) mass is 168 g/mol. The molecular weight excluding hydrogens is 148 g/mol. The van der Waals surface area contributed by atoms with Gasteiger partial charge in [0.15, 0.2) is 0 Å². The summed E-state index contributed by atoms with van der Waals surface area (Å²) in [6, 6.07) is 0.840. The number of hydrogen-bond donors (Lipinski definition) is 1. The van der Waals surface area contributed by atoms with Crippen molar-refractivity contribution in [3.05, 3.63) is 0 Å². The molecule has 1 N–H and O–H groups in total. The quantitative estimate of drug-likeness (QED) is 0.582. The molecule has 0 bridgehead atoms. The summed E-state index contributed by atoms with van der Waals surface area (Å²) in [7, 11) is 0. The smallest absolute Gasteiger partial charge is 0.0159 e. The molecule has 0 aliphatic carbocycles. The first kappa shape index (κ1) is 8.52. The normalized spacial score (nSPS) is 36.0. The van der Waals surface area contributed by atoms with Crippen LogP contribution in [0.1, 0.15) is 26.7 Å². The summed E-state index contributed by atoms with van der Waals surface area (Å²) in [5.74, 6) is 0.